The van der Waals surface area contributed by atoms with E-state index in [1.807, 2.05) is 0 Å². The van der Waals surface area contributed by atoms with Gasteiger partial charge >= 0.3 is 0 Å². The van der Waals surface area contributed by atoms with Gasteiger partial charge in [-0.15, -0.1) is 0 Å². The molecule has 1 rings (SSSR count). The molecule has 0 N–H and O–H groups in total. The lowest BCUT2D eigenvalue weighted by molar-refractivity contribution is -0.0231. The van der Waals surface area contributed by atoms with E-state index in [1.54, 1.807) is 0 Å². The van der Waals surface area contributed by atoms with Crippen molar-refractivity contribution in [2.45, 2.75) is 76.7 Å². The highest BCUT2D eigenvalue weighted by molar-refractivity contribution is 9.09. The summed E-state index contributed by atoms with van der Waals surface area (Å²) in [5, 5.41) is 1.02. The van der Waals surface area contributed by atoms with Crippen molar-refractivity contribution in [3.63, 3.8) is 0 Å². The predicted molar refractivity (Wildman–Crippen MR) is 74.3 cm³/mol. The van der Waals surface area contributed by atoms with Crippen LogP contribution in [0.3, 0.4) is 0 Å². The van der Waals surface area contributed by atoms with Crippen LogP contribution in [0.2, 0.25) is 0 Å². The van der Waals surface area contributed by atoms with Crippen molar-refractivity contribution in [1.29, 1.82) is 0 Å². The summed E-state index contributed by atoms with van der Waals surface area (Å²) in [6, 6.07) is 0. The number of alkyl halides is 1. The Balaban J connectivity index is 1.97. The summed E-state index contributed by atoms with van der Waals surface area (Å²) in [4.78, 5) is 0. The summed E-state index contributed by atoms with van der Waals surface area (Å²) in [7, 11) is 0. The lowest BCUT2D eigenvalue weighted by atomic mass is 10.1. The topological polar surface area (TPSA) is 9.23 Å². The normalized spacial score (nSPS) is 19.1. The van der Waals surface area contributed by atoms with Gasteiger partial charge in [0.25, 0.3) is 0 Å². The van der Waals surface area contributed by atoms with Gasteiger partial charge < -0.3 is 4.74 Å². The second-order valence-corrected chi connectivity index (χ2v) is 5.70. The Bertz CT molecular complexity index is 164. The summed E-state index contributed by atoms with van der Waals surface area (Å²) >= 11 is 3.61. The number of hydrogen-bond donors (Lipinski definition) is 0. The SMILES string of the molecule is CCCCCCCCOC1(CBr)CCCC1. The maximum atomic E-state index is 6.10. The van der Waals surface area contributed by atoms with E-state index in [0.29, 0.717) is 0 Å². The van der Waals surface area contributed by atoms with Crippen molar-refractivity contribution in [1.82, 2.24) is 0 Å². The van der Waals surface area contributed by atoms with E-state index in [0.717, 1.165) is 11.9 Å². The zero-order valence-electron chi connectivity index (χ0n) is 10.8. The van der Waals surface area contributed by atoms with E-state index in [-0.39, 0.29) is 5.60 Å². The van der Waals surface area contributed by atoms with Crippen LogP contribution in [0, 0.1) is 0 Å². The zero-order chi connectivity index (χ0) is 11.7. The first-order chi connectivity index (χ1) is 7.83. The quantitative estimate of drug-likeness (QED) is 0.425. The molecule has 96 valence electrons. The minimum absolute atomic E-state index is 0.198. The van der Waals surface area contributed by atoms with Crippen LogP contribution >= 0.6 is 15.9 Å². The van der Waals surface area contributed by atoms with Crippen molar-refractivity contribution in [3.05, 3.63) is 0 Å². The molecule has 1 aliphatic carbocycles. The summed E-state index contributed by atoms with van der Waals surface area (Å²) < 4.78 is 6.10. The lowest BCUT2D eigenvalue weighted by Gasteiger charge is -2.27. The van der Waals surface area contributed by atoms with Gasteiger partial charge in [-0.1, -0.05) is 67.8 Å². The van der Waals surface area contributed by atoms with E-state index < -0.39 is 0 Å². The monoisotopic (exact) mass is 290 g/mol. The Kier molecular flexibility index (Phi) is 7.72. The molecule has 1 aliphatic rings. The summed E-state index contributed by atoms with van der Waals surface area (Å²) in [6.07, 6.45) is 13.3. The third kappa shape index (κ3) is 5.18. The van der Waals surface area contributed by atoms with Crippen molar-refractivity contribution in [3.8, 4) is 0 Å². The highest BCUT2D eigenvalue weighted by Crippen LogP contribution is 2.34. The molecular formula is C14H27BrO. The van der Waals surface area contributed by atoms with Crippen molar-refractivity contribution in [2.24, 2.45) is 0 Å². The van der Waals surface area contributed by atoms with Crippen LogP contribution in [0.15, 0.2) is 0 Å². The molecular weight excluding hydrogens is 264 g/mol. The minimum Gasteiger partial charge on any atom is -0.374 e. The van der Waals surface area contributed by atoms with E-state index in [9.17, 15) is 0 Å². The third-order valence-corrected chi connectivity index (χ3v) is 4.69. The van der Waals surface area contributed by atoms with E-state index in [1.165, 1.54) is 64.2 Å². The number of ether oxygens (including phenoxy) is 1. The fourth-order valence-electron chi connectivity index (χ4n) is 2.51. The van der Waals surface area contributed by atoms with Gasteiger partial charge in [0.2, 0.25) is 0 Å². The largest absolute Gasteiger partial charge is 0.374 e. The van der Waals surface area contributed by atoms with Crippen LogP contribution in [0.5, 0.6) is 0 Å². The van der Waals surface area contributed by atoms with Gasteiger partial charge in [0.05, 0.1) is 5.60 Å². The molecule has 2 heteroatoms. The molecule has 0 spiro atoms. The third-order valence-electron chi connectivity index (χ3n) is 3.66. The Morgan fingerprint density at radius 3 is 2.25 bits per heavy atom. The van der Waals surface area contributed by atoms with Crippen molar-refractivity contribution in [2.75, 3.05) is 11.9 Å². The molecule has 0 aromatic rings. The van der Waals surface area contributed by atoms with Crippen molar-refractivity contribution >= 4 is 15.9 Å². The first kappa shape index (κ1) is 14.5. The minimum atomic E-state index is 0.198. The highest BCUT2D eigenvalue weighted by atomic mass is 79.9. The number of unbranched alkanes of at least 4 members (excludes halogenated alkanes) is 5. The maximum Gasteiger partial charge on any atom is 0.0778 e. The molecule has 0 radical (unpaired) electrons. The summed E-state index contributed by atoms with van der Waals surface area (Å²) in [5.41, 5.74) is 0.198. The average Bonchev–Trinajstić information content (AvgIpc) is 2.77. The molecule has 0 atom stereocenters. The van der Waals surface area contributed by atoms with E-state index >= 15 is 0 Å². The second kappa shape index (κ2) is 8.52. The molecule has 0 saturated heterocycles. The molecule has 0 heterocycles. The maximum absolute atomic E-state index is 6.10. The molecule has 1 nitrogen and oxygen atoms in total. The summed E-state index contributed by atoms with van der Waals surface area (Å²) in [6.45, 7) is 3.24. The molecule has 0 amide bonds. The molecule has 0 aromatic heterocycles. The van der Waals surface area contributed by atoms with Gasteiger partial charge in [0.1, 0.15) is 0 Å². The van der Waals surface area contributed by atoms with Crippen LogP contribution < -0.4 is 0 Å². The number of halogens is 1. The Morgan fingerprint density at radius 2 is 1.62 bits per heavy atom. The smallest absolute Gasteiger partial charge is 0.0778 e. The summed E-state index contributed by atoms with van der Waals surface area (Å²) in [5.74, 6) is 0. The fourth-order valence-corrected chi connectivity index (χ4v) is 3.23. The number of hydrogen-bond acceptors (Lipinski definition) is 1. The predicted octanol–water partition coefficient (Wildman–Crippen LogP) is 5.07. The zero-order valence-corrected chi connectivity index (χ0v) is 12.4. The molecule has 1 fully saturated rings. The molecule has 0 aromatic carbocycles. The van der Waals surface area contributed by atoms with Crippen LogP contribution in [0.25, 0.3) is 0 Å². The van der Waals surface area contributed by atoms with Gasteiger partial charge in [-0.3, -0.25) is 0 Å². The van der Waals surface area contributed by atoms with Crippen LogP contribution in [-0.2, 0) is 4.74 Å². The number of rotatable bonds is 9. The van der Waals surface area contributed by atoms with Crippen molar-refractivity contribution < 1.29 is 4.74 Å². The van der Waals surface area contributed by atoms with Gasteiger partial charge in [-0.2, -0.15) is 0 Å². The lowest BCUT2D eigenvalue weighted by Crippen LogP contribution is -2.31. The Labute approximate surface area is 109 Å². The van der Waals surface area contributed by atoms with Gasteiger partial charge in [-0.25, -0.2) is 0 Å². The molecule has 0 unspecified atom stereocenters. The van der Waals surface area contributed by atoms with E-state index in [2.05, 4.69) is 22.9 Å². The fraction of sp³-hybridized carbons (Fsp3) is 1.00. The molecule has 16 heavy (non-hydrogen) atoms. The Hall–Kier alpha value is 0.440. The first-order valence-corrected chi connectivity index (χ1v) is 8.15. The van der Waals surface area contributed by atoms with Gasteiger partial charge in [0, 0.05) is 11.9 Å². The highest BCUT2D eigenvalue weighted by Gasteiger charge is 2.33. The van der Waals surface area contributed by atoms with Crippen LogP contribution in [0.4, 0.5) is 0 Å². The van der Waals surface area contributed by atoms with Gasteiger partial charge in [-0.05, 0) is 19.3 Å². The average molecular weight is 291 g/mol. The van der Waals surface area contributed by atoms with Gasteiger partial charge in [0.15, 0.2) is 0 Å². The molecule has 1 saturated carbocycles. The molecule has 0 bridgehead atoms. The Morgan fingerprint density at radius 1 is 1.00 bits per heavy atom. The molecule has 0 aliphatic heterocycles. The first-order valence-electron chi connectivity index (χ1n) is 7.03. The van der Waals surface area contributed by atoms with Crippen LogP contribution in [0.1, 0.15) is 71.1 Å². The standard InChI is InChI=1S/C14H27BrO/c1-2-3-4-5-6-9-12-16-14(13-15)10-7-8-11-14/h2-13H2,1H3. The van der Waals surface area contributed by atoms with E-state index in [4.69, 9.17) is 4.74 Å². The van der Waals surface area contributed by atoms with Crippen LogP contribution in [-0.4, -0.2) is 17.5 Å². The second-order valence-electron chi connectivity index (χ2n) is 5.14.